The van der Waals surface area contributed by atoms with Crippen molar-refractivity contribution in [2.45, 2.75) is 25.4 Å². The minimum atomic E-state index is -0.860. The molecule has 0 aliphatic carbocycles. The molecule has 0 saturated carbocycles. The second-order valence-electron chi connectivity index (χ2n) is 5.04. The number of amides is 1. The van der Waals surface area contributed by atoms with Crippen molar-refractivity contribution in [2.24, 2.45) is 0 Å². The van der Waals surface area contributed by atoms with Gasteiger partial charge in [-0.15, -0.1) is 0 Å². The fourth-order valence-electron chi connectivity index (χ4n) is 2.12. The maximum absolute atomic E-state index is 12.2. The summed E-state index contributed by atoms with van der Waals surface area (Å²) in [5.74, 6) is -0.229. The van der Waals surface area contributed by atoms with Crippen LogP contribution in [0.5, 0.6) is 0 Å². The van der Waals surface area contributed by atoms with Gasteiger partial charge in [-0.2, -0.15) is 0 Å². The van der Waals surface area contributed by atoms with Crippen LogP contribution in [0.4, 0.5) is 0 Å². The number of hydrogen-bond donors (Lipinski definition) is 1. The largest absolute Gasteiger partial charge is 0.388 e. The molecule has 1 amide bonds. The maximum atomic E-state index is 12.2. The Kier molecular flexibility index (Phi) is 4.11. The van der Waals surface area contributed by atoms with Crippen molar-refractivity contribution in [1.29, 1.82) is 0 Å². The topological polar surface area (TPSA) is 75.6 Å². The van der Waals surface area contributed by atoms with Crippen LogP contribution >= 0.6 is 0 Å². The minimum absolute atomic E-state index is 0.229. The monoisotopic (exact) mass is 265 g/mol. The van der Waals surface area contributed by atoms with E-state index in [2.05, 4.69) is 9.97 Å². The average Bonchev–Trinajstić information content (AvgIpc) is 2.39. The zero-order valence-corrected chi connectivity index (χ0v) is 11.3. The SMILES string of the molecule is Cc1cnc(C(=O)N(C)CC2(O)CCOCC2)cn1. The first-order valence-electron chi connectivity index (χ1n) is 6.34. The van der Waals surface area contributed by atoms with Crippen LogP contribution in [0, 0.1) is 6.92 Å². The van der Waals surface area contributed by atoms with Crippen LogP contribution in [0.1, 0.15) is 29.0 Å². The van der Waals surface area contributed by atoms with Gasteiger partial charge < -0.3 is 14.7 Å². The molecule has 1 aromatic rings. The van der Waals surface area contributed by atoms with Crippen LogP contribution in [0.15, 0.2) is 12.4 Å². The molecule has 1 N–H and O–H groups in total. The van der Waals surface area contributed by atoms with Gasteiger partial charge in [0.25, 0.3) is 5.91 Å². The summed E-state index contributed by atoms with van der Waals surface area (Å²) >= 11 is 0. The molecule has 1 aromatic heterocycles. The Bertz CT molecular complexity index is 441. The summed E-state index contributed by atoms with van der Waals surface area (Å²) in [6.45, 7) is 3.16. The van der Waals surface area contributed by atoms with Gasteiger partial charge in [0.2, 0.25) is 0 Å². The third-order valence-electron chi connectivity index (χ3n) is 3.30. The standard InChI is InChI=1S/C13H19N3O3/c1-10-7-15-11(8-14-10)12(17)16(2)9-13(18)3-5-19-6-4-13/h7-8,18H,3-6,9H2,1-2H3. The second-order valence-corrected chi connectivity index (χ2v) is 5.04. The van der Waals surface area contributed by atoms with Crippen molar-refractivity contribution in [3.8, 4) is 0 Å². The van der Waals surface area contributed by atoms with Crippen molar-refractivity contribution in [3.05, 3.63) is 23.8 Å². The molecule has 0 aromatic carbocycles. The molecule has 1 saturated heterocycles. The Balaban J connectivity index is 2.00. The molecule has 104 valence electrons. The molecule has 0 spiro atoms. The molecule has 0 atom stereocenters. The summed E-state index contributed by atoms with van der Waals surface area (Å²) in [5.41, 5.74) is 0.201. The third-order valence-corrected chi connectivity index (χ3v) is 3.30. The molecule has 2 rings (SSSR count). The number of hydrogen-bond acceptors (Lipinski definition) is 5. The van der Waals surface area contributed by atoms with Gasteiger partial charge in [0, 0.05) is 45.8 Å². The van der Waals surface area contributed by atoms with E-state index in [0.717, 1.165) is 5.69 Å². The van der Waals surface area contributed by atoms with Crippen molar-refractivity contribution >= 4 is 5.91 Å². The number of nitrogens with zero attached hydrogens (tertiary/aromatic N) is 3. The summed E-state index contributed by atoms with van der Waals surface area (Å²) in [5, 5.41) is 10.4. The van der Waals surface area contributed by atoms with E-state index in [4.69, 9.17) is 4.74 Å². The smallest absolute Gasteiger partial charge is 0.273 e. The van der Waals surface area contributed by atoms with Gasteiger partial charge in [-0.25, -0.2) is 4.98 Å². The van der Waals surface area contributed by atoms with Crippen molar-refractivity contribution in [3.63, 3.8) is 0 Å². The van der Waals surface area contributed by atoms with Gasteiger partial charge in [0.05, 0.1) is 17.5 Å². The summed E-state index contributed by atoms with van der Waals surface area (Å²) in [6, 6.07) is 0. The lowest BCUT2D eigenvalue weighted by molar-refractivity contribution is -0.0734. The quantitative estimate of drug-likeness (QED) is 0.856. The van der Waals surface area contributed by atoms with E-state index in [1.807, 2.05) is 6.92 Å². The van der Waals surface area contributed by atoms with Gasteiger partial charge in [-0.1, -0.05) is 0 Å². The first-order chi connectivity index (χ1) is 9.00. The van der Waals surface area contributed by atoms with Gasteiger partial charge in [0.15, 0.2) is 0 Å². The summed E-state index contributed by atoms with van der Waals surface area (Å²) < 4.78 is 5.22. The van der Waals surface area contributed by atoms with E-state index in [9.17, 15) is 9.90 Å². The minimum Gasteiger partial charge on any atom is -0.388 e. The van der Waals surface area contributed by atoms with E-state index in [1.165, 1.54) is 11.1 Å². The van der Waals surface area contributed by atoms with Crippen molar-refractivity contribution in [2.75, 3.05) is 26.8 Å². The molecule has 0 radical (unpaired) electrons. The fraction of sp³-hybridized carbons (Fsp3) is 0.615. The van der Waals surface area contributed by atoms with E-state index in [1.54, 1.807) is 13.2 Å². The first kappa shape index (κ1) is 13.9. The summed E-state index contributed by atoms with van der Waals surface area (Å²) in [7, 11) is 1.66. The zero-order chi connectivity index (χ0) is 13.9. The molecule has 1 aliphatic rings. The second kappa shape index (κ2) is 5.63. The Morgan fingerprint density at radius 1 is 1.42 bits per heavy atom. The van der Waals surface area contributed by atoms with Crippen LogP contribution in [-0.4, -0.2) is 58.3 Å². The number of aryl methyl sites for hydroxylation is 1. The number of likely N-dealkylation sites (N-methyl/N-ethyl adjacent to an activating group) is 1. The van der Waals surface area contributed by atoms with Gasteiger partial charge in [-0.3, -0.25) is 9.78 Å². The Labute approximate surface area is 112 Å². The fourth-order valence-corrected chi connectivity index (χ4v) is 2.12. The Hall–Kier alpha value is -1.53. The highest BCUT2D eigenvalue weighted by Gasteiger charge is 2.32. The van der Waals surface area contributed by atoms with E-state index in [-0.39, 0.29) is 12.5 Å². The molecule has 0 bridgehead atoms. The van der Waals surface area contributed by atoms with E-state index >= 15 is 0 Å². The Morgan fingerprint density at radius 2 is 2.11 bits per heavy atom. The summed E-state index contributed by atoms with van der Waals surface area (Å²) in [6.07, 6.45) is 4.11. The van der Waals surface area contributed by atoms with Crippen LogP contribution in [0.3, 0.4) is 0 Å². The number of aliphatic hydroxyl groups is 1. The van der Waals surface area contributed by atoms with Crippen molar-refractivity contribution < 1.29 is 14.6 Å². The lowest BCUT2D eigenvalue weighted by Crippen LogP contribution is -2.47. The van der Waals surface area contributed by atoms with Gasteiger partial charge >= 0.3 is 0 Å². The lowest BCUT2D eigenvalue weighted by Gasteiger charge is -2.35. The van der Waals surface area contributed by atoms with Crippen LogP contribution in [0.25, 0.3) is 0 Å². The average molecular weight is 265 g/mol. The van der Waals surface area contributed by atoms with Crippen LogP contribution < -0.4 is 0 Å². The molecule has 1 fully saturated rings. The van der Waals surface area contributed by atoms with Crippen LogP contribution in [0.2, 0.25) is 0 Å². The highest BCUT2D eigenvalue weighted by atomic mass is 16.5. The molecule has 1 aliphatic heterocycles. The number of carbonyl (C=O) groups is 1. The third kappa shape index (κ3) is 3.48. The normalized spacial score (nSPS) is 18.1. The van der Waals surface area contributed by atoms with Crippen molar-refractivity contribution in [1.82, 2.24) is 14.9 Å². The highest BCUT2D eigenvalue weighted by Crippen LogP contribution is 2.21. The molecule has 6 heteroatoms. The number of ether oxygens (including phenoxy) is 1. The first-order valence-corrected chi connectivity index (χ1v) is 6.34. The number of rotatable bonds is 3. The maximum Gasteiger partial charge on any atom is 0.273 e. The summed E-state index contributed by atoms with van der Waals surface area (Å²) in [4.78, 5) is 21.8. The Morgan fingerprint density at radius 3 is 2.68 bits per heavy atom. The highest BCUT2D eigenvalue weighted by molar-refractivity contribution is 5.91. The number of aromatic nitrogens is 2. The van der Waals surface area contributed by atoms with E-state index < -0.39 is 5.60 Å². The molecule has 0 unspecified atom stereocenters. The number of carbonyl (C=O) groups excluding carboxylic acids is 1. The lowest BCUT2D eigenvalue weighted by atomic mass is 9.94. The van der Waals surface area contributed by atoms with Gasteiger partial charge in [0.1, 0.15) is 5.69 Å². The molecule has 6 nitrogen and oxygen atoms in total. The predicted molar refractivity (Wildman–Crippen MR) is 68.7 cm³/mol. The zero-order valence-electron chi connectivity index (χ0n) is 11.3. The molecular formula is C13H19N3O3. The predicted octanol–water partition coefficient (Wildman–Crippen LogP) is 0.399. The molecular weight excluding hydrogens is 246 g/mol. The van der Waals surface area contributed by atoms with Crippen LogP contribution in [-0.2, 0) is 4.74 Å². The molecule has 19 heavy (non-hydrogen) atoms. The van der Waals surface area contributed by atoms with Gasteiger partial charge in [-0.05, 0) is 6.92 Å². The van der Waals surface area contributed by atoms with E-state index in [0.29, 0.717) is 31.7 Å². The molecule has 2 heterocycles.